The van der Waals surface area contributed by atoms with Gasteiger partial charge in [-0.25, -0.2) is 4.98 Å². The van der Waals surface area contributed by atoms with Crippen molar-refractivity contribution in [1.29, 1.82) is 0 Å². The molecule has 1 aromatic rings. The maximum atomic E-state index is 9.79. The van der Waals surface area contributed by atoms with Crippen LogP contribution in [0.25, 0.3) is 0 Å². The molecular weight excluding hydrogens is 196 g/mol. The van der Waals surface area contributed by atoms with Crippen LogP contribution in [0.5, 0.6) is 0 Å². The molecule has 0 aliphatic heterocycles. The van der Waals surface area contributed by atoms with Crippen LogP contribution in [-0.4, -0.2) is 22.2 Å². The molecule has 0 radical (unpaired) electrons. The number of aliphatic hydroxyl groups is 1. The zero-order valence-electron chi connectivity index (χ0n) is 8.95. The molecule has 14 heavy (non-hydrogen) atoms. The summed E-state index contributed by atoms with van der Waals surface area (Å²) in [6.45, 7) is 6.48. The Labute approximate surface area is 89.2 Å². The van der Waals surface area contributed by atoms with Crippen molar-refractivity contribution >= 4 is 11.3 Å². The van der Waals surface area contributed by atoms with Gasteiger partial charge in [-0.2, -0.15) is 0 Å². The van der Waals surface area contributed by atoms with Crippen LogP contribution < -0.4 is 5.32 Å². The minimum atomic E-state index is -0.621. The minimum Gasteiger partial charge on any atom is -0.389 e. The Hall–Kier alpha value is -0.450. The summed E-state index contributed by atoms with van der Waals surface area (Å²) in [5, 5.41) is 15.1. The number of nitrogens with one attached hydrogen (secondary N) is 1. The molecule has 2 unspecified atom stereocenters. The van der Waals surface area contributed by atoms with Gasteiger partial charge in [0.05, 0.1) is 16.8 Å². The van der Waals surface area contributed by atoms with Crippen LogP contribution in [0.1, 0.15) is 38.9 Å². The first-order chi connectivity index (χ1) is 6.55. The average molecular weight is 214 g/mol. The predicted octanol–water partition coefficient (Wildman–Crippen LogP) is 1.95. The minimum absolute atomic E-state index is 0.208. The number of hydrogen-bond donors (Lipinski definition) is 2. The Morgan fingerprint density at radius 1 is 1.71 bits per heavy atom. The van der Waals surface area contributed by atoms with Crippen molar-refractivity contribution in [1.82, 2.24) is 10.3 Å². The summed E-state index contributed by atoms with van der Waals surface area (Å²) >= 11 is 1.59. The van der Waals surface area contributed by atoms with Crippen LogP contribution in [0.4, 0.5) is 0 Å². The molecule has 4 heteroatoms. The van der Waals surface area contributed by atoms with Gasteiger partial charge in [0.1, 0.15) is 0 Å². The fraction of sp³-hybridized carbons (Fsp3) is 0.700. The molecule has 0 fully saturated rings. The number of aromatic nitrogens is 1. The summed E-state index contributed by atoms with van der Waals surface area (Å²) in [5.41, 5.74) is 2.25. The first-order valence-electron chi connectivity index (χ1n) is 4.89. The molecule has 0 aromatic carbocycles. The van der Waals surface area contributed by atoms with Gasteiger partial charge in [0, 0.05) is 18.0 Å². The van der Waals surface area contributed by atoms with Gasteiger partial charge in [0.2, 0.25) is 0 Å². The molecule has 1 rings (SSSR count). The van der Waals surface area contributed by atoms with Crippen molar-refractivity contribution in [3.05, 3.63) is 16.6 Å². The molecule has 1 aromatic heterocycles. The van der Waals surface area contributed by atoms with Crippen LogP contribution in [0.15, 0.2) is 10.9 Å². The molecule has 1 heterocycles. The molecule has 0 aliphatic carbocycles. The molecular formula is C10H18N2OS. The third-order valence-electron chi connectivity index (χ3n) is 2.45. The van der Waals surface area contributed by atoms with E-state index in [1.165, 1.54) is 0 Å². The third-order valence-corrected chi connectivity index (χ3v) is 3.05. The van der Waals surface area contributed by atoms with Gasteiger partial charge in [0.15, 0.2) is 0 Å². The van der Waals surface area contributed by atoms with Crippen LogP contribution >= 0.6 is 11.3 Å². The smallest absolute Gasteiger partial charge is 0.0795 e. The molecule has 0 aliphatic rings. The standard InChI is InChI=1S/C10H18N2OS/c1-4-10(3,13)6-11-8(2)9-5-14-7-12-9/h5,7-8,11,13H,4,6H2,1-3H3. The molecule has 0 saturated carbocycles. The van der Waals surface area contributed by atoms with Crippen molar-refractivity contribution in [2.45, 2.75) is 38.8 Å². The highest BCUT2D eigenvalue weighted by atomic mass is 32.1. The highest BCUT2D eigenvalue weighted by molar-refractivity contribution is 7.07. The average Bonchev–Trinajstić information content (AvgIpc) is 2.67. The number of rotatable bonds is 5. The zero-order chi connectivity index (χ0) is 10.6. The quantitative estimate of drug-likeness (QED) is 0.787. The first-order valence-corrected chi connectivity index (χ1v) is 5.83. The summed E-state index contributed by atoms with van der Waals surface area (Å²) in [4.78, 5) is 4.22. The Morgan fingerprint density at radius 2 is 2.43 bits per heavy atom. The summed E-state index contributed by atoms with van der Waals surface area (Å²) < 4.78 is 0. The fourth-order valence-corrected chi connectivity index (χ4v) is 1.69. The van der Waals surface area contributed by atoms with Gasteiger partial charge in [-0.15, -0.1) is 11.3 Å². The van der Waals surface area contributed by atoms with E-state index in [2.05, 4.69) is 17.2 Å². The van der Waals surface area contributed by atoms with E-state index >= 15 is 0 Å². The second-order valence-electron chi connectivity index (χ2n) is 3.87. The maximum Gasteiger partial charge on any atom is 0.0795 e. The van der Waals surface area contributed by atoms with E-state index in [1.54, 1.807) is 11.3 Å². The molecule has 3 nitrogen and oxygen atoms in total. The lowest BCUT2D eigenvalue weighted by Gasteiger charge is -2.23. The lowest BCUT2D eigenvalue weighted by atomic mass is 10.0. The zero-order valence-corrected chi connectivity index (χ0v) is 9.77. The van der Waals surface area contributed by atoms with Crippen LogP contribution in [0.2, 0.25) is 0 Å². The van der Waals surface area contributed by atoms with Gasteiger partial charge in [0.25, 0.3) is 0 Å². The molecule has 80 valence electrons. The largest absolute Gasteiger partial charge is 0.389 e. The normalized spacial score (nSPS) is 17.7. The van der Waals surface area contributed by atoms with E-state index in [1.807, 2.05) is 24.7 Å². The Balaban J connectivity index is 2.39. The maximum absolute atomic E-state index is 9.79. The van der Waals surface area contributed by atoms with Crippen molar-refractivity contribution in [2.24, 2.45) is 0 Å². The lowest BCUT2D eigenvalue weighted by Crippen LogP contribution is -2.38. The van der Waals surface area contributed by atoms with Crippen molar-refractivity contribution in [3.63, 3.8) is 0 Å². The SMILES string of the molecule is CCC(C)(O)CNC(C)c1cscn1. The number of hydrogen-bond acceptors (Lipinski definition) is 4. The molecule has 0 bridgehead atoms. The van der Waals surface area contributed by atoms with Crippen LogP contribution in [0, 0.1) is 0 Å². The molecule has 0 amide bonds. The molecule has 0 saturated heterocycles. The van der Waals surface area contributed by atoms with E-state index in [9.17, 15) is 5.11 Å². The van der Waals surface area contributed by atoms with Gasteiger partial charge >= 0.3 is 0 Å². The fourth-order valence-electron chi connectivity index (χ4n) is 1.04. The Kier molecular flexibility index (Phi) is 4.04. The van der Waals surface area contributed by atoms with E-state index in [0.717, 1.165) is 12.1 Å². The molecule has 2 N–H and O–H groups in total. The summed E-state index contributed by atoms with van der Waals surface area (Å²) in [5.74, 6) is 0. The lowest BCUT2D eigenvalue weighted by molar-refractivity contribution is 0.0532. The van der Waals surface area contributed by atoms with Crippen LogP contribution in [0.3, 0.4) is 0 Å². The van der Waals surface area contributed by atoms with Gasteiger partial charge in [-0.1, -0.05) is 6.92 Å². The second kappa shape index (κ2) is 4.87. The Morgan fingerprint density at radius 3 is 2.93 bits per heavy atom. The molecule has 2 atom stereocenters. The second-order valence-corrected chi connectivity index (χ2v) is 4.59. The van der Waals surface area contributed by atoms with Crippen molar-refractivity contribution < 1.29 is 5.11 Å². The first kappa shape index (κ1) is 11.6. The van der Waals surface area contributed by atoms with Gasteiger partial charge in [-0.3, -0.25) is 0 Å². The van der Waals surface area contributed by atoms with Crippen molar-refractivity contribution in [3.8, 4) is 0 Å². The Bertz CT molecular complexity index is 259. The highest BCUT2D eigenvalue weighted by Crippen LogP contribution is 2.14. The van der Waals surface area contributed by atoms with E-state index < -0.39 is 5.60 Å². The summed E-state index contributed by atoms with van der Waals surface area (Å²) in [6.07, 6.45) is 0.754. The van der Waals surface area contributed by atoms with E-state index in [0.29, 0.717) is 6.54 Å². The summed E-state index contributed by atoms with van der Waals surface area (Å²) in [6, 6.07) is 0.208. The number of nitrogens with zero attached hydrogens (tertiary/aromatic N) is 1. The van der Waals surface area contributed by atoms with Gasteiger partial charge in [-0.05, 0) is 20.3 Å². The predicted molar refractivity (Wildman–Crippen MR) is 59.4 cm³/mol. The highest BCUT2D eigenvalue weighted by Gasteiger charge is 2.18. The van der Waals surface area contributed by atoms with E-state index in [-0.39, 0.29) is 6.04 Å². The van der Waals surface area contributed by atoms with E-state index in [4.69, 9.17) is 0 Å². The number of thiazole rings is 1. The van der Waals surface area contributed by atoms with Crippen molar-refractivity contribution in [2.75, 3.05) is 6.54 Å². The van der Waals surface area contributed by atoms with Gasteiger partial charge < -0.3 is 10.4 Å². The summed E-state index contributed by atoms with van der Waals surface area (Å²) in [7, 11) is 0. The monoisotopic (exact) mass is 214 g/mol. The topological polar surface area (TPSA) is 45.1 Å². The van der Waals surface area contributed by atoms with Crippen LogP contribution in [-0.2, 0) is 0 Å². The molecule has 0 spiro atoms. The third kappa shape index (κ3) is 3.36.